The van der Waals surface area contributed by atoms with Crippen molar-refractivity contribution in [1.29, 1.82) is 0 Å². The van der Waals surface area contributed by atoms with Crippen LogP contribution in [-0.4, -0.2) is 15.9 Å². The van der Waals surface area contributed by atoms with Gasteiger partial charge < -0.3 is 5.32 Å². The Bertz CT molecular complexity index is 742. The monoisotopic (exact) mass is 273 g/mol. The summed E-state index contributed by atoms with van der Waals surface area (Å²) in [7, 11) is 0. The fraction of sp³-hybridized carbons (Fsp3) is 0. The number of pyridine rings is 1. The molecule has 6 heteroatoms. The SMILES string of the molecule is O=C(Nc1ccccn1)c1nc2ccc(F)cc2s1. The lowest BCUT2D eigenvalue weighted by Crippen LogP contribution is -2.12. The number of benzene rings is 1. The molecule has 3 aromatic rings. The summed E-state index contributed by atoms with van der Waals surface area (Å²) in [5.41, 5.74) is 0.609. The van der Waals surface area contributed by atoms with Gasteiger partial charge in [-0.15, -0.1) is 11.3 Å². The van der Waals surface area contributed by atoms with E-state index in [9.17, 15) is 9.18 Å². The number of aromatic nitrogens is 2. The number of fused-ring (bicyclic) bond motifs is 1. The summed E-state index contributed by atoms with van der Waals surface area (Å²) in [6, 6.07) is 9.46. The topological polar surface area (TPSA) is 54.9 Å². The van der Waals surface area contributed by atoms with Gasteiger partial charge in [0.25, 0.3) is 5.91 Å². The van der Waals surface area contributed by atoms with Crippen LogP contribution in [0.3, 0.4) is 0 Å². The van der Waals surface area contributed by atoms with Crippen molar-refractivity contribution in [2.24, 2.45) is 0 Å². The van der Waals surface area contributed by atoms with Gasteiger partial charge in [-0.2, -0.15) is 0 Å². The molecule has 3 rings (SSSR count). The van der Waals surface area contributed by atoms with E-state index in [4.69, 9.17) is 0 Å². The molecule has 94 valence electrons. The summed E-state index contributed by atoms with van der Waals surface area (Å²) < 4.78 is 13.7. The zero-order valence-electron chi connectivity index (χ0n) is 9.63. The second-order valence-electron chi connectivity index (χ2n) is 3.80. The van der Waals surface area contributed by atoms with Gasteiger partial charge >= 0.3 is 0 Å². The molecular weight excluding hydrogens is 265 g/mol. The number of carbonyl (C=O) groups is 1. The molecule has 0 saturated carbocycles. The van der Waals surface area contributed by atoms with Gasteiger partial charge in [0.1, 0.15) is 11.6 Å². The Labute approximate surface area is 111 Å². The van der Waals surface area contributed by atoms with Crippen LogP contribution >= 0.6 is 11.3 Å². The first kappa shape index (κ1) is 11.7. The standard InChI is InChI=1S/C13H8FN3OS/c14-8-4-5-9-10(7-8)19-13(16-9)12(18)17-11-3-1-2-6-15-11/h1-7H,(H,15,17,18). The molecular formula is C13H8FN3OS. The number of halogens is 1. The minimum atomic E-state index is -0.347. The average Bonchev–Trinajstić information content (AvgIpc) is 2.83. The first-order valence-electron chi connectivity index (χ1n) is 5.51. The lowest BCUT2D eigenvalue weighted by molar-refractivity contribution is 0.102. The molecule has 1 aromatic carbocycles. The van der Waals surface area contributed by atoms with Crippen molar-refractivity contribution in [2.45, 2.75) is 0 Å². The molecule has 0 aliphatic rings. The highest BCUT2D eigenvalue weighted by Gasteiger charge is 2.13. The van der Waals surface area contributed by atoms with Crippen molar-refractivity contribution in [3.63, 3.8) is 0 Å². The normalized spacial score (nSPS) is 10.6. The lowest BCUT2D eigenvalue weighted by atomic mass is 10.3. The van der Waals surface area contributed by atoms with E-state index >= 15 is 0 Å². The highest BCUT2D eigenvalue weighted by Crippen LogP contribution is 2.23. The van der Waals surface area contributed by atoms with Crippen LogP contribution < -0.4 is 5.32 Å². The van der Waals surface area contributed by atoms with Gasteiger partial charge in [0.15, 0.2) is 5.01 Å². The van der Waals surface area contributed by atoms with Gasteiger partial charge in [0, 0.05) is 6.20 Å². The third-order valence-corrected chi connectivity index (χ3v) is 3.47. The molecule has 0 bridgehead atoms. The van der Waals surface area contributed by atoms with Gasteiger partial charge in [-0.3, -0.25) is 4.79 Å². The minimum Gasteiger partial charge on any atom is -0.304 e. The number of carbonyl (C=O) groups excluding carboxylic acids is 1. The number of hydrogen-bond acceptors (Lipinski definition) is 4. The smallest absolute Gasteiger partial charge is 0.285 e. The molecule has 0 atom stereocenters. The number of thiazole rings is 1. The first-order chi connectivity index (χ1) is 9.22. The fourth-order valence-corrected chi connectivity index (χ4v) is 2.49. The van der Waals surface area contributed by atoms with Crippen LogP contribution in [0.2, 0.25) is 0 Å². The Morgan fingerprint density at radius 1 is 1.26 bits per heavy atom. The number of nitrogens with zero attached hydrogens (tertiary/aromatic N) is 2. The summed E-state index contributed by atoms with van der Waals surface area (Å²) in [5, 5.41) is 2.92. The number of hydrogen-bond donors (Lipinski definition) is 1. The maximum Gasteiger partial charge on any atom is 0.285 e. The van der Waals surface area contributed by atoms with E-state index in [1.807, 2.05) is 0 Å². The molecule has 1 N–H and O–H groups in total. The van der Waals surface area contributed by atoms with E-state index < -0.39 is 0 Å². The van der Waals surface area contributed by atoms with Crippen LogP contribution in [-0.2, 0) is 0 Å². The number of nitrogens with one attached hydrogen (secondary N) is 1. The molecule has 0 unspecified atom stereocenters. The maximum atomic E-state index is 13.1. The second-order valence-corrected chi connectivity index (χ2v) is 4.83. The second kappa shape index (κ2) is 4.74. The fourth-order valence-electron chi connectivity index (χ4n) is 1.60. The Morgan fingerprint density at radius 3 is 2.95 bits per heavy atom. The summed E-state index contributed by atoms with van der Waals surface area (Å²) in [6.45, 7) is 0. The number of rotatable bonds is 2. The van der Waals surface area contributed by atoms with Crippen molar-refractivity contribution in [2.75, 3.05) is 5.32 Å². The van der Waals surface area contributed by atoms with Crippen molar-refractivity contribution in [3.8, 4) is 0 Å². The van der Waals surface area contributed by atoms with Crippen LogP contribution in [0.1, 0.15) is 9.80 Å². The Balaban J connectivity index is 1.89. The van der Waals surface area contributed by atoms with E-state index in [0.717, 1.165) is 11.3 Å². The van der Waals surface area contributed by atoms with Gasteiger partial charge in [-0.05, 0) is 30.3 Å². The van der Waals surface area contributed by atoms with Gasteiger partial charge in [0.2, 0.25) is 0 Å². The quantitative estimate of drug-likeness (QED) is 0.780. The van der Waals surface area contributed by atoms with E-state index in [1.165, 1.54) is 12.1 Å². The molecule has 0 saturated heterocycles. The predicted octanol–water partition coefficient (Wildman–Crippen LogP) is 3.08. The highest BCUT2D eigenvalue weighted by molar-refractivity contribution is 7.20. The Morgan fingerprint density at radius 2 is 2.16 bits per heavy atom. The maximum absolute atomic E-state index is 13.1. The molecule has 2 heterocycles. The van der Waals surface area contributed by atoms with E-state index in [-0.39, 0.29) is 16.7 Å². The highest BCUT2D eigenvalue weighted by atomic mass is 32.1. The van der Waals surface area contributed by atoms with E-state index in [2.05, 4.69) is 15.3 Å². The molecule has 0 aliphatic heterocycles. The molecule has 2 aromatic heterocycles. The summed E-state index contributed by atoms with van der Waals surface area (Å²) in [5.74, 6) is -0.230. The first-order valence-corrected chi connectivity index (χ1v) is 6.32. The van der Waals surface area contributed by atoms with Crippen LogP contribution in [0.4, 0.5) is 10.2 Å². The van der Waals surface area contributed by atoms with Crippen LogP contribution in [0.5, 0.6) is 0 Å². The average molecular weight is 273 g/mol. The zero-order chi connectivity index (χ0) is 13.2. The van der Waals surface area contributed by atoms with Gasteiger partial charge in [-0.1, -0.05) is 6.07 Å². The molecule has 0 radical (unpaired) electrons. The molecule has 4 nitrogen and oxygen atoms in total. The molecule has 19 heavy (non-hydrogen) atoms. The Kier molecular flexibility index (Phi) is 2.92. The van der Waals surface area contributed by atoms with Crippen LogP contribution in [0.25, 0.3) is 10.2 Å². The molecule has 0 spiro atoms. The van der Waals surface area contributed by atoms with Crippen molar-refractivity contribution in [1.82, 2.24) is 9.97 Å². The number of anilines is 1. The number of amides is 1. The van der Waals surface area contributed by atoms with E-state index in [1.54, 1.807) is 30.5 Å². The van der Waals surface area contributed by atoms with Crippen molar-refractivity contribution >= 4 is 33.3 Å². The van der Waals surface area contributed by atoms with Gasteiger partial charge in [-0.25, -0.2) is 14.4 Å². The van der Waals surface area contributed by atoms with Crippen molar-refractivity contribution < 1.29 is 9.18 Å². The van der Waals surface area contributed by atoms with Gasteiger partial charge in [0.05, 0.1) is 10.2 Å². The molecule has 0 fully saturated rings. The minimum absolute atomic E-state index is 0.284. The van der Waals surface area contributed by atoms with Crippen LogP contribution in [0, 0.1) is 5.82 Å². The van der Waals surface area contributed by atoms with Crippen LogP contribution in [0.15, 0.2) is 42.6 Å². The third-order valence-electron chi connectivity index (χ3n) is 2.45. The third kappa shape index (κ3) is 2.43. The summed E-state index contributed by atoms with van der Waals surface area (Å²) >= 11 is 1.15. The molecule has 0 aliphatic carbocycles. The summed E-state index contributed by atoms with van der Waals surface area (Å²) in [4.78, 5) is 20.1. The Hall–Kier alpha value is -2.34. The predicted molar refractivity (Wildman–Crippen MR) is 71.8 cm³/mol. The van der Waals surface area contributed by atoms with E-state index in [0.29, 0.717) is 16.0 Å². The lowest BCUT2D eigenvalue weighted by Gasteiger charge is -1.99. The van der Waals surface area contributed by atoms with Crippen molar-refractivity contribution in [3.05, 3.63) is 53.4 Å². The zero-order valence-corrected chi connectivity index (χ0v) is 10.4. The molecule has 1 amide bonds. The largest absolute Gasteiger partial charge is 0.304 e. The summed E-state index contributed by atoms with van der Waals surface area (Å²) in [6.07, 6.45) is 1.59.